The third kappa shape index (κ3) is 4.41. The molecule has 1 saturated heterocycles. The first-order valence-corrected chi connectivity index (χ1v) is 7.21. The number of hydrogen-bond acceptors (Lipinski definition) is 2. The maximum Gasteiger partial charge on any atom is 0.279 e. The fourth-order valence-corrected chi connectivity index (χ4v) is 2.67. The van der Waals surface area contributed by atoms with Gasteiger partial charge in [-0.25, -0.2) is 4.39 Å². The molecule has 0 unspecified atom stereocenters. The number of nitrogens with one attached hydrogen (secondary N) is 2. The van der Waals surface area contributed by atoms with Crippen molar-refractivity contribution in [3.8, 4) is 0 Å². The van der Waals surface area contributed by atoms with Crippen molar-refractivity contribution in [2.24, 2.45) is 11.7 Å². The number of piperidine rings is 1. The lowest BCUT2D eigenvalue weighted by Crippen LogP contribution is -3.14. The third-order valence-electron chi connectivity index (χ3n) is 3.71. The minimum absolute atomic E-state index is 0.0255. The van der Waals surface area contributed by atoms with E-state index in [4.69, 9.17) is 17.3 Å². The largest absolute Gasteiger partial charge is 0.369 e. The summed E-state index contributed by atoms with van der Waals surface area (Å²) in [4.78, 5) is 24.1. The number of rotatable bonds is 4. The number of carbonyl (C=O) groups is 2. The van der Waals surface area contributed by atoms with Crippen LogP contribution in [-0.4, -0.2) is 31.4 Å². The Morgan fingerprint density at radius 1 is 1.38 bits per heavy atom. The SMILES string of the molecule is NC(=O)C1CC[NH+](CC(=O)Nc2ccc(F)c(Cl)c2)CC1. The molecule has 4 N–H and O–H groups in total. The summed E-state index contributed by atoms with van der Waals surface area (Å²) in [5.41, 5.74) is 5.74. The van der Waals surface area contributed by atoms with E-state index in [0.29, 0.717) is 25.1 Å². The van der Waals surface area contributed by atoms with Gasteiger partial charge in [0.15, 0.2) is 6.54 Å². The van der Waals surface area contributed by atoms with Crippen LogP contribution in [0.4, 0.5) is 10.1 Å². The molecule has 5 nitrogen and oxygen atoms in total. The van der Waals surface area contributed by atoms with Gasteiger partial charge in [-0.15, -0.1) is 0 Å². The molecular weight excluding hydrogens is 297 g/mol. The Labute approximate surface area is 127 Å². The van der Waals surface area contributed by atoms with Crippen molar-refractivity contribution in [3.05, 3.63) is 29.0 Å². The second-order valence-corrected chi connectivity index (χ2v) is 5.69. The van der Waals surface area contributed by atoms with Gasteiger partial charge in [-0.3, -0.25) is 9.59 Å². The number of benzene rings is 1. The molecule has 0 spiro atoms. The van der Waals surface area contributed by atoms with Gasteiger partial charge in [0.05, 0.1) is 18.1 Å². The van der Waals surface area contributed by atoms with Crippen molar-refractivity contribution in [1.82, 2.24) is 0 Å². The maximum absolute atomic E-state index is 13.0. The van der Waals surface area contributed by atoms with E-state index in [1.54, 1.807) is 0 Å². The molecule has 1 fully saturated rings. The Morgan fingerprint density at radius 2 is 2.05 bits per heavy atom. The first-order chi connectivity index (χ1) is 9.95. The average molecular weight is 315 g/mol. The van der Waals surface area contributed by atoms with E-state index < -0.39 is 5.82 Å². The maximum atomic E-state index is 13.0. The molecule has 0 aliphatic carbocycles. The molecule has 1 aromatic carbocycles. The summed E-state index contributed by atoms with van der Waals surface area (Å²) in [5.74, 6) is -1.02. The molecule has 21 heavy (non-hydrogen) atoms. The molecule has 1 aliphatic heterocycles. The van der Waals surface area contributed by atoms with Crippen molar-refractivity contribution in [3.63, 3.8) is 0 Å². The summed E-state index contributed by atoms with van der Waals surface area (Å²) >= 11 is 5.66. The molecule has 7 heteroatoms. The van der Waals surface area contributed by atoms with Crippen molar-refractivity contribution in [2.45, 2.75) is 12.8 Å². The number of anilines is 1. The lowest BCUT2D eigenvalue weighted by molar-refractivity contribution is -0.897. The molecule has 0 radical (unpaired) electrons. The van der Waals surface area contributed by atoms with Gasteiger partial charge < -0.3 is 16.0 Å². The van der Waals surface area contributed by atoms with E-state index in [9.17, 15) is 14.0 Å². The van der Waals surface area contributed by atoms with Gasteiger partial charge in [-0.05, 0) is 18.2 Å². The van der Waals surface area contributed by atoms with Crippen molar-refractivity contribution in [1.29, 1.82) is 0 Å². The van der Waals surface area contributed by atoms with Gasteiger partial charge in [-0.2, -0.15) is 0 Å². The summed E-state index contributed by atoms with van der Waals surface area (Å²) in [5, 5.41) is 2.66. The van der Waals surface area contributed by atoms with E-state index >= 15 is 0 Å². The second kappa shape index (κ2) is 6.87. The van der Waals surface area contributed by atoms with E-state index in [2.05, 4.69) is 5.32 Å². The van der Waals surface area contributed by atoms with Crippen molar-refractivity contribution < 1.29 is 18.9 Å². The van der Waals surface area contributed by atoms with Crippen LogP contribution in [0.15, 0.2) is 18.2 Å². The van der Waals surface area contributed by atoms with E-state index in [1.165, 1.54) is 18.2 Å². The number of nitrogens with two attached hydrogens (primary N) is 1. The molecule has 1 aromatic rings. The second-order valence-electron chi connectivity index (χ2n) is 5.28. The molecule has 2 rings (SSSR count). The predicted octanol–water partition coefficient (Wildman–Crippen LogP) is 0.198. The van der Waals surface area contributed by atoms with Crippen LogP contribution in [0.5, 0.6) is 0 Å². The highest BCUT2D eigenvalue weighted by Gasteiger charge is 2.26. The van der Waals surface area contributed by atoms with Crippen molar-refractivity contribution >= 4 is 29.1 Å². The minimum atomic E-state index is -0.520. The zero-order valence-corrected chi connectivity index (χ0v) is 12.3. The first kappa shape index (κ1) is 15.7. The number of carbonyl (C=O) groups excluding carboxylic acids is 2. The lowest BCUT2D eigenvalue weighted by Gasteiger charge is -2.27. The number of primary amides is 1. The van der Waals surface area contributed by atoms with Gasteiger partial charge in [0, 0.05) is 24.4 Å². The van der Waals surface area contributed by atoms with Gasteiger partial charge >= 0.3 is 0 Å². The highest BCUT2D eigenvalue weighted by atomic mass is 35.5. The Hall–Kier alpha value is -1.66. The van der Waals surface area contributed by atoms with Crippen LogP contribution in [0.3, 0.4) is 0 Å². The number of amides is 2. The Morgan fingerprint density at radius 3 is 2.62 bits per heavy atom. The van der Waals surface area contributed by atoms with E-state index in [-0.39, 0.29) is 22.8 Å². The summed E-state index contributed by atoms with van der Waals surface area (Å²) in [7, 11) is 0. The molecule has 0 saturated carbocycles. The first-order valence-electron chi connectivity index (χ1n) is 6.83. The van der Waals surface area contributed by atoms with Gasteiger partial charge in [0.1, 0.15) is 5.82 Å². The predicted molar refractivity (Wildman–Crippen MR) is 77.5 cm³/mol. The van der Waals surface area contributed by atoms with Crippen LogP contribution in [0.2, 0.25) is 5.02 Å². The number of hydrogen-bond donors (Lipinski definition) is 3. The molecule has 114 valence electrons. The van der Waals surface area contributed by atoms with Crippen LogP contribution >= 0.6 is 11.6 Å². The fraction of sp³-hybridized carbons (Fsp3) is 0.429. The zero-order valence-electron chi connectivity index (χ0n) is 11.5. The van der Waals surface area contributed by atoms with Crippen LogP contribution in [-0.2, 0) is 9.59 Å². The summed E-state index contributed by atoms with van der Waals surface area (Å²) in [6.07, 6.45) is 1.42. The minimum Gasteiger partial charge on any atom is -0.369 e. The van der Waals surface area contributed by atoms with Crippen LogP contribution in [0, 0.1) is 11.7 Å². The summed E-state index contributed by atoms with van der Waals surface area (Å²) in [6.45, 7) is 1.79. The zero-order chi connectivity index (χ0) is 15.4. The quantitative estimate of drug-likeness (QED) is 0.742. The molecule has 0 bridgehead atoms. The van der Waals surface area contributed by atoms with Crippen LogP contribution in [0.25, 0.3) is 0 Å². The Balaban J connectivity index is 1.82. The molecule has 0 aromatic heterocycles. The topological polar surface area (TPSA) is 76.6 Å². The normalized spacial score (nSPS) is 21.8. The molecular formula is C14H18ClFN3O2+. The average Bonchev–Trinajstić information content (AvgIpc) is 2.43. The molecule has 2 amide bonds. The molecule has 1 aliphatic rings. The summed E-state index contributed by atoms with van der Waals surface area (Å²) < 4.78 is 13.0. The van der Waals surface area contributed by atoms with Crippen LogP contribution < -0.4 is 16.0 Å². The third-order valence-corrected chi connectivity index (χ3v) is 4.00. The van der Waals surface area contributed by atoms with Gasteiger partial charge in [0.25, 0.3) is 5.91 Å². The number of quaternary nitrogens is 1. The highest BCUT2D eigenvalue weighted by Crippen LogP contribution is 2.19. The fourth-order valence-electron chi connectivity index (χ4n) is 2.49. The number of halogens is 2. The van der Waals surface area contributed by atoms with Gasteiger partial charge in [0.2, 0.25) is 5.91 Å². The van der Waals surface area contributed by atoms with Crippen LogP contribution in [0.1, 0.15) is 12.8 Å². The monoisotopic (exact) mass is 314 g/mol. The lowest BCUT2D eigenvalue weighted by atomic mass is 9.96. The number of likely N-dealkylation sites (tertiary alicyclic amines) is 1. The van der Waals surface area contributed by atoms with Crippen molar-refractivity contribution in [2.75, 3.05) is 25.0 Å². The Kier molecular flexibility index (Phi) is 5.14. The molecule has 1 heterocycles. The van der Waals surface area contributed by atoms with E-state index in [0.717, 1.165) is 18.0 Å². The standard InChI is InChI=1S/C14H17ClFN3O2/c15-11-7-10(1-2-12(11)16)18-13(20)8-19-5-3-9(4-6-19)14(17)21/h1-2,7,9H,3-6,8H2,(H2,17,21)(H,18,20)/p+1. The summed E-state index contributed by atoms with van der Waals surface area (Å²) in [6, 6.07) is 4.06. The van der Waals surface area contributed by atoms with E-state index in [1.807, 2.05) is 0 Å². The highest BCUT2D eigenvalue weighted by molar-refractivity contribution is 6.31. The Bertz CT molecular complexity index is 545. The van der Waals surface area contributed by atoms with Gasteiger partial charge in [-0.1, -0.05) is 11.6 Å². The smallest absolute Gasteiger partial charge is 0.279 e. The molecule has 0 atom stereocenters.